The van der Waals surface area contributed by atoms with Crippen molar-refractivity contribution in [1.29, 1.82) is 0 Å². The first-order valence-corrected chi connectivity index (χ1v) is 6.70. The van der Waals surface area contributed by atoms with Crippen LogP contribution in [0.3, 0.4) is 0 Å². The summed E-state index contributed by atoms with van der Waals surface area (Å²) in [6.07, 6.45) is 0.948. The maximum absolute atomic E-state index is 4.90. The molecule has 0 bridgehead atoms. The van der Waals surface area contributed by atoms with Crippen LogP contribution < -0.4 is 5.32 Å². The van der Waals surface area contributed by atoms with Gasteiger partial charge in [-0.05, 0) is 25.0 Å². The molecule has 1 aromatic carbocycles. The Labute approximate surface area is 108 Å². The average molecular weight is 241 g/mol. The molecule has 1 saturated heterocycles. The zero-order chi connectivity index (χ0) is 12.7. The summed E-state index contributed by atoms with van der Waals surface area (Å²) in [6, 6.07) is 6.80. The number of nitrogens with one attached hydrogen (secondary N) is 1. The number of hydrogen-bond donors (Lipinski definition) is 1. The number of benzene rings is 1. The molecule has 0 spiro atoms. The first-order valence-electron chi connectivity index (χ1n) is 6.70. The van der Waals surface area contributed by atoms with E-state index in [1.165, 1.54) is 11.3 Å². The summed E-state index contributed by atoms with van der Waals surface area (Å²) in [5.74, 6) is 0.455. The van der Waals surface area contributed by atoms with Gasteiger partial charge >= 0.3 is 0 Å². The normalized spacial score (nSPS) is 20.1. The van der Waals surface area contributed by atoms with E-state index in [4.69, 9.17) is 9.97 Å². The van der Waals surface area contributed by atoms with Crippen molar-refractivity contribution in [2.75, 3.05) is 6.54 Å². The Balaban J connectivity index is 2.19. The molecule has 0 saturated carbocycles. The van der Waals surface area contributed by atoms with Gasteiger partial charge in [-0.15, -0.1) is 0 Å². The summed E-state index contributed by atoms with van der Waals surface area (Å²) < 4.78 is 0. The zero-order valence-electron chi connectivity index (χ0n) is 11.2. The molecule has 0 aliphatic carbocycles. The minimum absolute atomic E-state index is 0.455. The fourth-order valence-electron chi connectivity index (χ4n) is 2.50. The molecule has 3 nitrogen and oxygen atoms in total. The van der Waals surface area contributed by atoms with Crippen LogP contribution in [0.4, 0.5) is 0 Å². The molecule has 1 N–H and O–H groups in total. The predicted molar refractivity (Wildman–Crippen MR) is 73.9 cm³/mol. The van der Waals surface area contributed by atoms with E-state index < -0.39 is 0 Å². The number of rotatable bonds is 3. The van der Waals surface area contributed by atoms with E-state index in [1.807, 2.05) is 0 Å². The van der Waals surface area contributed by atoms with Crippen LogP contribution in [0.5, 0.6) is 0 Å². The van der Waals surface area contributed by atoms with E-state index in [1.54, 1.807) is 0 Å². The second kappa shape index (κ2) is 4.32. The lowest BCUT2D eigenvalue weighted by atomic mass is 10.00. The van der Waals surface area contributed by atoms with Crippen molar-refractivity contribution in [3.8, 4) is 0 Å². The van der Waals surface area contributed by atoms with Crippen LogP contribution in [-0.4, -0.2) is 22.6 Å². The van der Waals surface area contributed by atoms with Crippen molar-refractivity contribution >= 4 is 11.0 Å². The topological polar surface area (TPSA) is 47.7 Å². The summed E-state index contributed by atoms with van der Waals surface area (Å²) >= 11 is 0. The maximum atomic E-state index is 4.90. The molecule has 94 valence electrons. The average Bonchev–Trinajstić information content (AvgIpc) is 3.21. The molecule has 18 heavy (non-hydrogen) atoms. The molecule has 0 amide bonds. The van der Waals surface area contributed by atoms with E-state index in [0.29, 0.717) is 12.0 Å². The van der Waals surface area contributed by atoms with Crippen LogP contribution in [0.1, 0.15) is 36.7 Å². The smallest absolute Gasteiger partial charge is 0.0919 e. The third-order valence-electron chi connectivity index (χ3n) is 3.81. The zero-order valence-corrected chi connectivity index (χ0v) is 11.2. The van der Waals surface area contributed by atoms with Crippen LogP contribution in [0.15, 0.2) is 18.2 Å². The van der Waals surface area contributed by atoms with Gasteiger partial charge in [-0.1, -0.05) is 26.0 Å². The minimum atomic E-state index is 0.455. The van der Waals surface area contributed by atoms with Crippen molar-refractivity contribution in [2.45, 2.75) is 39.2 Å². The van der Waals surface area contributed by atoms with Crippen LogP contribution in [0, 0.1) is 6.92 Å². The molecule has 3 heteroatoms. The van der Waals surface area contributed by atoms with Gasteiger partial charge in [-0.25, -0.2) is 9.97 Å². The monoisotopic (exact) mass is 241 g/mol. The first kappa shape index (κ1) is 11.6. The molecule has 2 heterocycles. The molecule has 1 aliphatic heterocycles. The fraction of sp³-hybridized carbons (Fsp3) is 0.467. The quantitative estimate of drug-likeness (QED) is 0.840. The van der Waals surface area contributed by atoms with Gasteiger partial charge in [0.15, 0.2) is 0 Å². The van der Waals surface area contributed by atoms with Crippen molar-refractivity contribution in [3.63, 3.8) is 0 Å². The first-order chi connectivity index (χ1) is 8.70. The maximum Gasteiger partial charge on any atom is 0.0919 e. The van der Waals surface area contributed by atoms with Gasteiger partial charge in [0.1, 0.15) is 0 Å². The van der Waals surface area contributed by atoms with Gasteiger partial charge < -0.3 is 5.32 Å². The van der Waals surface area contributed by atoms with E-state index in [9.17, 15) is 0 Å². The van der Waals surface area contributed by atoms with Crippen LogP contribution in [0.25, 0.3) is 11.0 Å². The van der Waals surface area contributed by atoms with E-state index in [0.717, 1.165) is 29.7 Å². The number of nitrogens with zero attached hydrogens (tertiary/aromatic N) is 2. The summed E-state index contributed by atoms with van der Waals surface area (Å²) in [4.78, 5) is 9.70. The molecule has 2 unspecified atom stereocenters. The number of aromatic nitrogens is 2. The lowest BCUT2D eigenvalue weighted by molar-refractivity contribution is 0.699. The summed E-state index contributed by atoms with van der Waals surface area (Å²) in [7, 11) is 0. The van der Waals surface area contributed by atoms with Crippen LogP contribution in [-0.2, 0) is 6.42 Å². The van der Waals surface area contributed by atoms with Crippen molar-refractivity contribution in [2.24, 2.45) is 0 Å². The number of aryl methyl sites for hydroxylation is 2. The Morgan fingerprint density at radius 2 is 2.17 bits per heavy atom. The standard InChI is InChI=1S/C15H19N3/c1-4-11-15(10(3)13-8-16-13)18-14-9(2)6-5-7-12(14)17-11/h5-7,10,13,16H,4,8H2,1-3H3. The fourth-order valence-corrected chi connectivity index (χ4v) is 2.50. The van der Waals surface area contributed by atoms with Gasteiger partial charge in [0.25, 0.3) is 0 Å². The van der Waals surface area contributed by atoms with E-state index >= 15 is 0 Å². The van der Waals surface area contributed by atoms with Gasteiger partial charge in [0.05, 0.1) is 22.4 Å². The molecule has 0 radical (unpaired) electrons. The number of para-hydroxylation sites is 1. The molecule has 1 fully saturated rings. The van der Waals surface area contributed by atoms with E-state index in [-0.39, 0.29) is 0 Å². The number of hydrogen-bond acceptors (Lipinski definition) is 3. The van der Waals surface area contributed by atoms with Crippen molar-refractivity contribution in [3.05, 3.63) is 35.2 Å². The Morgan fingerprint density at radius 1 is 1.39 bits per heavy atom. The molecule has 1 aromatic heterocycles. The largest absolute Gasteiger partial charge is 0.310 e. The highest BCUT2D eigenvalue weighted by Gasteiger charge is 2.31. The summed E-state index contributed by atoms with van der Waals surface area (Å²) in [5.41, 5.74) is 5.60. The highest BCUT2D eigenvalue weighted by Crippen LogP contribution is 2.27. The van der Waals surface area contributed by atoms with Crippen LogP contribution in [0.2, 0.25) is 0 Å². The van der Waals surface area contributed by atoms with Crippen molar-refractivity contribution in [1.82, 2.24) is 15.3 Å². The SMILES string of the molecule is CCc1nc2cccc(C)c2nc1C(C)C1CN1. The highest BCUT2D eigenvalue weighted by atomic mass is 15.1. The molecule has 2 atom stereocenters. The second-order valence-electron chi connectivity index (χ2n) is 5.16. The molecular weight excluding hydrogens is 222 g/mol. The summed E-state index contributed by atoms with van der Waals surface area (Å²) in [6.45, 7) is 7.62. The van der Waals surface area contributed by atoms with Crippen molar-refractivity contribution < 1.29 is 0 Å². The molecular formula is C15H19N3. The van der Waals surface area contributed by atoms with Gasteiger partial charge in [0, 0.05) is 18.5 Å². The third kappa shape index (κ3) is 1.89. The third-order valence-corrected chi connectivity index (χ3v) is 3.81. The lowest BCUT2D eigenvalue weighted by Crippen LogP contribution is -2.12. The highest BCUT2D eigenvalue weighted by molar-refractivity contribution is 5.78. The Bertz CT molecular complexity index is 588. The predicted octanol–water partition coefficient (Wildman–Crippen LogP) is 2.58. The second-order valence-corrected chi connectivity index (χ2v) is 5.16. The van der Waals surface area contributed by atoms with Gasteiger partial charge in [0.2, 0.25) is 0 Å². The minimum Gasteiger partial charge on any atom is -0.310 e. The molecule has 2 aromatic rings. The Kier molecular flexibility index (Phi) is 2.78. The molecule has 3 rings (SSSR count). The molecule has 1 aliphatic rings. The van der Waals surface area contributed by atoms with Crippen LogP contribution >= 0.6 is 0 Å². The van der Waals surface area contributed by atoms with Gasteiger partial charge in [-0.2, -0.15) is 0 Å². The Morgan fingerprint density at radius 3 is 2.83 bits per heavy atom. The number of fused-ring (bicyclic) bond motifs is 1. The lowest BCUT2D eigenvalue weighted by Gasteiger charge is -2.14. The van der Waals surface area contributed by atoms with Gasteiger partial charge in [-0.3, -0.25) is 0 Å². The van der Waals surface area contributed by atoms with E-state index in [2.05, 4.69) is 44.3 Å². The Hall–Kier alpha value is -1.48. The summed E-state index contributed by atoms with van der Waals surface area (Å²) in [5, 5.41) is 3.38.